The maximum Gasteiger partial charge on any atom is 0.307 e. The van der Waals surface area contributed by atoms with Crippen molar-refractivity contribution in [3.05, 3.63) is 20.2 Å². The van der Waals surface area contributed by atoms with Gasteiger partial charge in [0.25, 0.3) is 0 Å². The van der Waals surface area contributed by atoms with E-state index < -0.39 is 0 Å². The van der Waals surface area contributed by atoms with Gasteiger partial charge < -0.3 is 15.0 Å². The first kappa shape index (κ1) is 8.93. The summed E-state index contributed by atoms with van der Waals surface area (Å²) in [5.74, 6) is 0. The number of thiazole rings is 1. The zero-order valence-electron chi connectivity index (χ0n) is 7.28. The lowest BCUT2D eigenvalue weighted by atomic mass is 10.2. The molecule has 72 valence electrons. The summed E-state index contributed by atoms with van der Waals surface area (Å²) in [6.45, 7) is 2.45. The first-order valence-corrected chi connectivity index (χ1v) is 5.14. The van der Waals surface area contributed by atoms with Crippen molar-refractivity contribution in [1.82, 2.24) is 4.57 Å². The predicted molar refractivity (Wildman–Crippen MR) is 51.0 cm³/mol. The molecule has 0 aliphatic carbocycles. The molecule has 13 heavy (non-hydrogen) atoms. The fourth-order valence-corrected chi connectivity index (χ4v) is 2.55. The number of nitrogens with two attached hydrogens (primary N) is 1. The van der Waals surface area contributed by atoms with Crippen LogP contribution in [0.2, 0.25) is 0 Å². The van der Waals surface area contributed by atoms with E-state index in [1.54, 1.807) is 4.57 Å². The highest BCUT2D eigenvalue weighted by molar-refractivity contribution is 7.09. The Balaban J connectivity index is 2.42. The van der Waals surface area contributed by atoms with Crippen LogP contribution in [-0.4, -0.2) is 17.7 Å². The lowest BCUT2D eigenvalue weighted by molar-refractivity contribution is 0.111. The smallest absolute Gasteiger partial charge is 0.307 e. The number of aromatic nitrogens is 1. The van der Waals surface area contributed by atoms with Crippen LogP contribution in [0.15, 0.2) is 4.79 Å². The van der Waals surface area contributed by atoms with E-state index >= 15 is 0 Å². The molecule has 0 saturated carbocycles. The summed E-state index contributed by atoms with van der Waals surface area (Å²) in [5, 5.41) is 0. The van der Waals surface area contributed by atoms with E-state index in [0.29, 0.717) is 26.3 Å². The summed E-state index contributed by atoms with van der Waals surface area (Å²) >= 11 is 1.28. The molecule has 2 heterocycles. The molecule has 1 aromatic heterocycles. The number of nitrogens with zero attached hydrogens (tertiary/aromatic N) is 1. The number of fused-ring (bicyclic) bond motifs is 1. The standard InChI is InChI=1S/C8H12N2O2S/c9-2-3-10-6-1-4-12-5-7(6)13-8(10)11/h1-5,9H2. The van der Waals surface area contributed by atoms with Gasteiger partial charge >= 0.3 is 4.87 Å². The Kier molecular flexibility index (Phi) is 2.48. The minimum absolute atomic E-state index is 0.0981. The van der Waals surface area contributed by atoms with Gasteiger partial charge in [-0.3, -0.25) is 4.79 Å². The molecule has 4 nitrogen and oxygen atoms in total. The lowest BCUT2D eigenvalue weighted by Crippen LogP contribution is -2.23. The van der Waals surface area contributed by atoms with Crippen LogP contribution in [0.5, 0.6) is 0 Å². The van der Waals surface area contributed by atoms with Crippen molar-refractivity contribution in [3.8, 4) is 0 Å². The fraction of sp³-hybridized carbons (Fsp3) is 0.625. The summed E-state index contributed by atoms with van der Waals surface area (Å²) in [4.78, 5) is 12.6. The summed E-state index contributed by atoms with van der Waals surface area (Å²) in [5.41, 5.74) is 6.57. The normalized spacial score (nSPS) is 15.8. The van der Waals surface area contributed by atoms with Crippen molar-refractivity contribution >= 4 is 11.3 Å². The molecule has 2 rings (SSSR count). The molecule has 2 N–H and O–H groups in total. The van der Waals surface area contributed by atoms with Gasteiger partial charge in [0.2, 0.25) is 0 Å². The highest BCUT2D eigenvalue weighted by atomic mass is 32.1. The Morgan fingerprint density at radius 2 is 2.46 bits per heavy atom. The molecule has 0 spiro atoms. The summed E-state index contributed by atoms with van der Waals surface area (Å²) in [6, 6.07) is 0. The van der Waals surface area contributed by atoms with Crippen LogP contribution in [0, 0.1) is 0 Å². The minimum atomic E-state index is 0.0981. The molecule has 0 bridgehead atoms. The van der Waals surface area contributed by atoms with Crippen LogP contribution >= 0.6 is 11.3 Å². The Morgan fingerprint density at radius 1 is 1.62 bits per heavy atom. The molecule has 0 unspecified atom stereocenters. The van der Waals surface area contributed by atoms with Crippen LogP contribution in [-0.2, 0) is 24.3 Å². The highest BCUT2D eigenvalue weighted by Gasteiger charge is 2.17. The zero-order valence-corrected chi connectivity index (χ0v) is 8.10. The van der Waals surface area contributed by atoms with Gasteiger partial charge in [0.05, 0.1) is 18.1 Å². The Hall–Kier alpha value is -0.650. The molecule has 0 aromatic carbocycles. The van der Waals surface area contributed by atoms with Gasteiger partial charge in [-0.2, -0.15) is 0 Å². The van der Waals surface area contributed by atoms with Crippen LogP contribution in [0.25, 0.3) is 0 Å². The summed E-state index contributed by atoms with van der Waals surface area (Å²) in [6.07, 6.45) is 0.841. The molecule has 0 fully saturated rings. The number of rotatable bonds is 2. The first-order valence-electron chi connectivity index (χ1n) is 4.32. The highest BCUT2D eigenvalue weighted by Crippen LogP contribution is 2.18. The van der Waals surface area contributed by atoms with E-state index in [1.807, 2.05) is 0 Å². The van der Waals surface area contributed by atoms with Crippen molar-refractivity contribution in [2.75, 3.05) is 13.2 Å². The first-order chi connectivity index (χ1) is 6.33. The molecule has 1 aliphatic heterocycles. The van der Waals surface area contributed by atoms with Crippen LogP contribution in [0.1, 0.15) is 10.6 Å². The monoisotopic (exact) mass is 200 g/mol. The number of hydrogen-bond donors (Lipinski definition) is 1. The molecule has 1 aliphatic rings. The van der Waals surface area contributed by atoms with Gasteiger partial charge in [0.1, 0.15) is 0 Å². The Morgan fingerprint density at radius 3 is 3.23 bits per heavy atom. The quantitative estimate of drug-likeness (QED) is 0.727. The number of ether oxygens (including phenoxy) is 1. The molecule has 0 atom stereocenters. The van der Waals surface area contributed by atoms with Crippen molar-refractivity contribution in [2.45, 2.75) is 19.6 Å². The van der Waals surface area contributed by atoms with Gasteiger partial charge in [-0.15, -0.1) is 0 Å². The van der Waals surface area contributed by atoms with E-state index in [4.69, 9.17) is 10.5 Å². The fourth-order valence-electron chi connectivity index (χ4n) is 1.56. The van der Waals surface area contributed by atoms with Crippen LogP contribution < -0.4 is 10.6 Å². The van der Waals surface area contributed by atoms with Crippen LogP contribution in [0.4, 0.5) is 0 Å². The third kappa shape index (κ3) is 1.54. The van der Waals surface area contributed by atoms with E-state index in [1.165, 1.54) is 11.3 Å². The second kappa shape index (κ2) is 3.61. The SMILES string of the molecule is NCCn1c2c(sc1=O)COCC2. The van der Waals surface area contributed by atoms with Crippen molar-refractivity contribution in [3.63, 3.8) is 0 Å². The average Bonchev–Trinajstić information content (AvgIpc) is 2.44. The summed E-state index contributed by atoms with van der Waals surface area (Å²) in [7, 11) is 0. The van der Waals surface area contributed by atoms with E-state index in [9.17, 15) is 4.79 Å². The second-order valence-corrected chi connectivity index (χ2v) is 4.03. The molecular weight excluding hydrogens is 188 g/mol. The zero-order chi connectivity index (χ0) is 9.26. The topological polar surface area (TPSA) is 57.2 Å². The lowest BCUT2D eigenvalue weighted by Gasteiger charge is -2.13. The molecular formula is C8H12N2O2S. The van der Waals surface area contributed by atoms with Gasteiger partial charge in [-0.05, 0) is 0 Å². The van der Waals surface area contributed by atoms with E-state index in [2.05, 4.69) is 0 Å². The minimum Gasteiger partial charge on any atom is -0.375 e. The molecule has 0 amide bonds. The molecule has 5 heteroatoms. The molecule has 0 radical (unpaired) electrons. The van der Waals surface area contributed by atoms with Crippen molar-refractivity contribution in [2.24, 2.45) is 5.73 Å². The maximum absolute atomic E-state index is 11.5. The van der Waals surface area contributed by atoms with Gasteiger partial charge in [0, 0.05) is 25.2 Å². The largest absolute Gasteiger partial charge is 0.375 e. The van der Waals surface area contributed by atoms with Crippen molar-refractivity contribution < 1.29 is 4.74 Å². The van der Waals surface area contributed by atoms with Crippen molar-refractivity contribution in [1.29, 1.82) is 0 Å². The van der Waals surface area contributed by atoms with Gasteiger partial charge in [-0.1, -0.05) is 11.3 Å². The van der Waals surface area contributed by atoms with Gasteiger partial charge in [-0.25, -0.2) is 0 Å². The molecule has 0 saturated heterocycles. The number of hydrogen-bond acceptors (Lipinski definition) is 4. The maximum atomic E-state index is 11.5. The van der Waals surface area contributed by atoms with E-state index in [-0.39, 0.29) is 4.87 Å². The third-order valence-electron chi connectivity index (χ3n) is 2.15. The van der Waals surface area contributed by atoms with Gasteiger partial charge in [0.15, 0.2) is 0 Å². The predicted octanol–water partition coefficient (Wildman–Crippen LogP) is -0.0588. The Bertz CT molecular complexity index is 356. The summed E-state index contributed by atoms with van der Waals surface area (Å²) < 4.78 is 7.05. The second-order valence-electron chi connectivity index (χ2n) is 2.98. The Labute approximate surface area is 79.9 Å². The average molecular weight is 200 g/mol. The van der Waals surface area contributed by atoms with Crippen LogP contribution in [0.3, 0.4) is 0 Å². The third-order valence-corrected chi connectivity index (χ3v) is 3.14. The van der Waals surface area contributed by atoms with E-state index in [0.717, 1.165) is 17.0 Å². The molecule has 1 aromatic rings.